The van der Waals surface area contributed by atoms with Gasteiger partial charge in [0, 0.05) is 6.04 Å². The third-order valence-corrected chi connectivity index (χ3v) is 2.21. The first-order valence-corrected chi connectivity index (χ1v) is 4.32. The summed E-state index contributed by atoms with van der Waals surface area (Å²) in [5.74, 6) is 0. The van der Waals surface area contributed by atoms with Gasteiger partial charge in [0.05, 0.1) is 5.66 Å². The van der Waals surface area contributed by atoms with Gasteiger partial charge in [-0.1, -0.05) is 12.2 Å². The van der Waals surface area contributed by atoms with Crippen molar-refractivity contribution in [1.82, 2.24) is 16.0 Å². The lowest BCUT2D eigenvalue weighted by atomic mass is 10.1. The predicted molar refractivity (Wildman–Crippen MR) is 54.2 cm³/mol. The first kappa shape index (κ1) is 11.6. The van der Waals surface area contributed by atoms with Gasteiger partial charge in [0.25, 0.3) is 0 Å². The summed E-state index contributed by atoms with van der Waals surface area (Å²) >= 11 is 0. The maximum atomic E-state index is 3.18. The number of hydrogen-bond donors (Lipinski definition) is 3. The maximum Gasteiger partial charge on any atom is 0.0845 e. The van der Waals surface area contributed by atoms with Crippen molar-refractivity contribution in [2.45, 2.75) is 25.6 Å². The van der Waals surface area contributed by atoms with Gasteiger partial charge in [0.15, 0.2) is 0 Å². The van der Waals surface area contributed by atoms with E-state index >= 15 is 0 Å². The molecule has 1 atom stereocenters. The van der Waals surface area contributed by atoms with Crippen LogP contribution in [0.5, 0.6) is 0 Å². The first-order valence-electron chi connectivity index (χ1n) is 4.32. The van der Waals surface area contributed by atoms with Crippen LogP contribution in [0.3, 0.4) is 0 Å². The highest BCUT2D eigenvalue weighted by Gasteiger charge is 2.13. The summed E-state index contributed by atoms with van der Waals surface area (Å²) in [6.45, 7) is 4.20. The Morgan fingerprint density at radius 1 is 1.17 bits per heavy atom. The minimum Gasteiger partial charge on any atom is -0.314 e. The summed E-state index contributed by atoms with van der Waals surface area (Å²) in [6, 6.07) is 0.408. The van der Waals surface area contributed by atoms with Crippen LogP contribution in [0.1, 0.15) is 13.8 Å². The fourth-order valence-electron chi connectivity index (χ4n) is 0.725. The Morgan fingerprint density at radius 3 is 2.00 bits per heavy atom. The Bertz CT molecular complexity index is 139. The largest absolute Gasteiger partial charge is 0.314 e. The van der Waals surface area contributed by atoms with E-state index < -0.39 is 0 Å². The lowest BCUT2D eigenvalue weighted by molar-refractivity contribution is 0.411. The molecule has 3 N–H and O–H groups in total. The SMILES string of the molecule is CNC(C)/C=C\C(C)(NC)NC. The average molecular weight is 171 g/mol. The average Bonchev–Trinajstić information content (AvgIpc) is 2.13. The third-order valence-electron chi connectivity index (χ3n) is 2.21. The van der Waals surface area contributed by atoms with E-state index in [1.165, 1.54) is 0 Å². The molecule has 0 bridgehead atoms. The zero-order chi connectivity index (χ0) is 9.61. The van der Waals surface area contributed by atoms with Gasteiger partial charge >= 0.3 is 0 Å². The van der Waals surface area contributed by atoms with Crippen LogP contribution in [-0.2, 0) is 0 Å². The van der Waals surface area contributed by atoms with Gasteiger partial charge in [0.1, 0.15) is 0 Å². The van der Waals surface area contributed by atoms with Crippen LogP contribution in [0, 0.1) is 0 Å². The smallest absolute Gasteiger partial charge is 0.0845 e. The first-order chi connectivity index (χ1) is 5.58. The number of nitrogens with one attached hydrogen (secondary N) is 3. The van der Waals surface area contributed by atoms with Crippen LogP contribution in [0.2, 0.25) is 0 Å². The van der Waals surface area contributed by atoms with Crippen molar-refractivity contribution in [1.29, 1.82) is 0 Å². The highest BCUT2D eigenvalue weighted by molar-refractivity contribution is 5.04. The van der Waals surface area contributed by atoms with Gasteiger partial charge in [0.2, 0.25) is 0 Å². The van der Waals surface area contributed by atoms with E-state index in [1.54, 1.807) is 0 Å². The molecule has 0 rings (SSSR count). The second kappa shape index (κ2) is 5.30. The van der Waals surface area contributed by atoms with E-state index in [1.807, 2.05) is 21.1 Å². The normalized spacial score (nSPS) is 15.4. The summed E-state index contributed by atoms with van der Waals surface area (Å²) in [5, 5.41) is 9.51. The van der Waals surface area contributed by atoms with E-state index in [0.29, 0.717) is 6.04 Å². The Balaban J connectivity index is 4.09. The molecule has 1 unspecified atom stereocenters. The fraction of sp³-hybridized carbons (Fsp3) is 0.778. The Morgan fingerprint density at radius 2 is 1.67 bits per heavy atom. The van der Waals surface area contributed by atoms with Crippen molar-refractivity contribution < 1.29 is 0 Å². The van der Waals surface area contributed by atoms with E-state index in [-0.39, 0.29) is 5.66 Å². The van der Waals surface area contributed by atoms with Crippen LogP contribution in [0.15, 0.2) is 12.2 Å². The van der Waals surface area contributed by atoms with Crippen LogP contribution < -0.4 is 16.0 Å². The number of hydrogen-bond acceptors (Lipinski definition) is 3. The molecule has 72 valence electrons. The molecule has 0 saturated heterocycles. The minimum absolute atomic E-state index is 0.106. The molecule has 12 heavy (non-hydrogen) atoms. The summed E-state index contributed by atoms with van der Waals surface area (Å²) < 4.78 is 0. The molecule has 0 spiro atoms. The van der Waals surface area contributed by atoms with Crippen LogP contribution in [0.25, 0.3) is 0 Å². The van der Waals surface area contributed by atoms with Crippen molar-refractivity contribution >= 4 is 0 Å². The molecule has 0 aliphatic carbocycles. The predicted octanol–water partition coefficient (Wildman–Crippen LogP) is 0.306. The zero-order valence-electron chi connectivity index (χ0n) is 8.73. The van der Waals surface area contributed by atoms with E-state index in [4.69, 9.17) is 0 Å². The molecule has 0 aromatic carbocycles. The van der Waals surface area contributed by atoms with Gasteiger partial charge in [-0.15, -0.1) is 0 Å². The topological polar surface area (TPSA) is 36.1 Å². The summed E-state index contributed by atoms with van der Waals surface area (Å²) in [6.07, 6.45) is 4.25. The summed E-state index contributed by atoms with van der Waals surface area (Å²) in [5.41, 5.74) is -0.106. The van der Waals surface area contributed by atoms with Gasteiger partial charge in [-0.25, -0.2) is 0 Å². The van der Waals surface area contributed by atoms with Gasteiger partial charge < -0.3 is 5.32 Å². The minimum atomic E-state index is -0.106. The molecule has 0 aromatic rings. The molecule has 3 heteroatoms. The molecule has 0 amide bonds. The lowest BCUT2D eigenvalue weighted by Gasteiger charge is -2.25. The molecule has 0 saturated carbocycles. The maximum absolute atomic E-state index is 3.18. The Labute approximate surface area is 75.6 Å². The number of rotatable bonds is 5. The van der Waals surface area contributed by atoms with E-state index in [0.717, 1.165) is 0 Å². The van der Waals surface area contributed by atoms with Crippen molar-refractivity contribution in [2.24, 2.45) is 0 Å². The van der Waals surface area contributed by atoms with Crippen molar-refractivity contribution in [3.8, 4) is 0 Å². The lowest BCUT2D eigenvalue weighted by Crippen LogP contribution is -2.49. The second-order valence-corrected chi connectivity index (χ2v) is 3.14. The van der Waals surface area contributed by atoms with E-state index in [2.05, 4.69) is 41.9 Å². The Hall–Kier alpha value is -0.380. The van der Waals surface area contributed by atoms with Crippen LogP contribution in [-0.4, -0.2) is 32.8 Å². The zero-order valence-corrected chi connectivity index (χ0v) is 8.73. The fourth-order valence-corrected chi connectivity index (χ4v) is 0.725. The van der Waals surface area contributed by atoms with Crippen molar-refractivity contribution in [2.75, 3.05) is 21.1 Å². The van der Waals surface area contributed by atoms with Gasteiger partial charge in [-0.05, 0) is 35.0 Å². The molecule has 3 nitrogen and oxygen atoms in total. The van der Waals surface area contributed by atoms with Crippen molar-refractivity contribution in [3.05, 3.63) is 12.2 Å². The summed E-state index contributed by atoms with van der Waals surface area (Å²) in [4.78, 5) is 0. The van der Waals surface area contributed by atoms with Crippen molar-refractivity contribution in [3.63, 3.8) is 0 Å². The van der Waals surface area contributed by atoms with Crippen LogP contribution in [0.4, 0.5) is 0 Å². The van der Waals surface area contributed by atoms with E-state index in [9.17, 15) is 0 Å². The molecule has 0 heterocycles. The highest BCUT2D eigenvalue weighted by atomic mass is 15.1. The quantitative estimate of drug-likeness (QED) is 0.411. The number of likely N-dealkylation sites (N-methyl/N-ethyl adjacent to an activating group) is 3. The molecular formula is C9H21N3. The second-order valence-electron chi connectivity index (χ2n) is 3.14. The Kier molecular flexibility index (Phi) is 5.13. The third kappa shape index (κ3) is 3.85. The monoisotopic (exact) mass is 171 g/mol. The molecule has 0 aliphatic rings. The molecule has 0 aliphatic heterocycles. The molecule has 0 aromatic heterocycles. The highest BCUT2D eigenvalue weighted by Crippen LogP contribution is 1.99. The standard InChI is InChI=1S/C9H21N3/c1-8(10-3)6-7-9(2,11-4)12-5/h6-8,10-12H,1-5H3/b7-6-. The molecule has 0 radical (unpaired) electrons. The molecular weight excluding hydrogens is 150 g/mol. The van der Waals surface area contributed by atoms with Crippen LogP contribution >= 0.6 is 0 Å². The van der Waals surface area contributed by atoms with Gasteiger partial charge in [-0.2, -0.15) is 0 Å². The van der Waals surface area contributed by atoms with Gasteiger partial charge in [-0.3, -0.25) is 10.6 Å². The molecule has 0 fully saturated rings. The summed E-state index contributed by atoms with van der Waals surface area (Å²) in [7, 11) is 5.82.